The topological polar surface area (TPSA) is 62.8 Å². The van der Waals surface area contributed by atoms with Gasteiger partial charge in [-0.15, -0.1) is 5.10 Å². The maximum Gasteiger partial charge on any atom is 0.208 e. The molecule has 0 aliphatic heterocycles. The maximum atomic E-state index is 5.21. The van der Waals surface area contributed by atoms with E-state index in [9.17, 15) is 0 Å². The normalized spacial score (nSPS) is 12.3. The Balaban J connectivity index is 2.01. The Bertz CT molecular complexity index is 541. The molecule has 2 rings (SSSR count). The Kier molecular flexibility index (Phi) is 6.07. The Morgan fingerprint density at radius 2 is 2.10 bits per heavy atom. The number of ether oxygens (including phenoxy) is 1. The van der Waals surface area contributed by atoms with Gasteiger partial charge in [-0.1, -0.05) is 30.8 Å². The predicted octanol–water partition coefficient (Wildman–Crippen LogP) is 2.95. The molecule has 1 atom stereocenters. The summed E-state index contributed by atoms with van der Waals surface area (Å²) in [6.07, 6.45) is 1.11. The number of aromatic nitrogens is 3. The first-order valence-electron chi connectivity index (χ1n) is 7.12. The summed E-state index contributed by atoms with van der Waals surface area (Å²) in [5, 5.41) is 11.4. The van der Waals surface area contributed by atoms with Crippen molar-refractivity contribution in [2.45, 2.75) is 31.5 Å². The van der Waals surface area contributed by atoms with E-state index in [1.54, 1.807) is 18.9 Å². The zero-order valence-corrected chi connectivity index (χ0v) is 13.5. The summed E-state index contributed by atoms with van der Waals surface area (Å²) < 4.78 is 5.21. The van der Waals surface area contributed by atoms with Gasteiger partial charge in [-0.25, -0.2) is 4.98 Å². The number of nitrogens with zero attached hydrogens (tertiary/aromatic N) is 2. The lowest BCUT2D eigenvalue weighted by molar-refractivity contribution is 0.414. The molecule has 0 bridgehead atoms. The highest BCUT2D eigenvalue weighted by Crippen LogP contribution is 2.24. The van der Waals surface area contributed by atoms with Crippen LogP contribution in [0.15, 0.2) is 29.4 Å². The molecular weight excluding hydrogens is 284 g/mol. The van der Waals surface area contributed by atoms with Gasteiger partial charge in [0.05, 0.1) is 7.11 Å². The first-order chi connectivity index (χ1) is 10.2. The molecule has 1 aromatic heterocycles. The van der Waals surface area contributed by atoms with Crippen LogP contribution >= 0.6 is 11.8 Å². The highest BCUT2D eigenvalue weighted by molar-refractivity contribution is 7.99. The van der Waals surface area contributed by atoms with Crippen molar-refractivity contribution in [3.05, 3.63) is 35.7 Å². The molecule has 21 heavy (non-hydrogen) atoms. The van der Waals surface area contributed by atoms with E-state index in [1.165, 1.54) is 5.56 Å². The molecule has 0 spiro atoms. The number of methoxy groups -OCH3 is 1. The van der Waals surface area contributed by atoms with Crippen molar-refractivity contribution in [1.82, 2.24) is 20.5 Å². The second-order valence-corrected chi connectivity index (χ2v) is 5.78. The SMILES string of the molecule is CCCNC(CSc1n[nH]c(C)n1)c1ccc(OC)cc1. The van der Waals surface area contributed by atoms with Gasteiger partial charge in [-0.2, -0.15) is 0 Å². The molecule has 0 radical (unpaired) electrons. The van der Waals surface area contributed by atoms with Gasteiger partial charge >= 0.3 is 0 Å². The van der Waals surface area contributed by atoms with Crippen LogP contribution in [0.1, 0.15) is 30.8 Å². The van der Waals surface area contributed by atoms with Crippen molar-refractivity contribution < 1.29 is 4.74 Å². The predicted molar refractivity (Wildman–Crippen MR) is 85.9 cm³/mol. The number of hydrogen-bond acceptors (Lipinski definition) is 5. The van der Waals surface area contributed by atoms with Gasteiger partial charge in [0.2, 0.25) is 5.16 Å². The minimum Gasteiger partial charge on any atom is -0.497 e. The number of benzene rings is 1. The second kappa shape index (κ2) is 8.05. The number of rotatable bonds is 8. The van der Waals surface area contributed by atoms with Gasteiger partial charge in [-0.3, -0.25) is 5.10 Å². The van der Waals surface area contributed by atoms with Crippen LogP contribution in [0.5, 0.6) is 5.75 Å². The molecule has 1 aromatic carbocycles. The third-order valence-corrected chi connectivity index (χ3v) is 4.06. The van der Waals surface area contributed by atoms with Crippen molar-refractivity contribution in [3.8, 4) is 5.75 Å². The molecule has 1 unspecified atom stereocenters. The first-order valence-corrected chi connectivity index (χ1v) is 8.10. The van der Waals surface area contributed by atoms with Crippen LogP contribution in [0.25, 0.3) is 0 Å². The summed E-state index contributed by atoms with van der Waals surface area (Å²) in [7, 11) is 1.68. The largest absolute Gasteiger partial charge is 0.497 e. The van der Waals surface area contributed by atoms with Crippen LogP contribution in [0.4, 0.5) is 0 Å². The Labute approximate surface area is 129 Å². The van der Waals surface area contributed by atoms with E-state index >= 15 is 0 Å². The van der Waals surface area contributed by atoms with Gasteiger partial charge in [0.25, 0.3) is 0 Å². The lowest BCUT2D eigenvalue weighted by Gasteiger charge is -2.18. The van der Waals surface area contributed by atoms with Gasteiger partial charge in [0, 0.05) is 11.8 Å². The molecule has 0 saturated heterocycles. The van der Waals surface area contributed by atoms with Crippen LogP contribution in [-0.4, -0.2) is 34.6 Å². The summed E-state index contributed by atoms with van der Waals surface area (Å²) >= 11 is 1.66. The zero-order valence-electron chi connectivity index (χ0n) is 12.7. The number of aryl methyl sites for hydroxylation is 1. The molecule has 1 heterocycles. The summed E-state index contributed by atoms with van der Waals surface area (Å²) in [6, 6.07) is 8.49. The van der Waals surface area contributed by atoms with E-state index in [2.05, 4.69) is 39.6 Å². The Morgan fingerprint density at radius 1 is 1.33 bits per heavy atom. The molecule has 6 heteroatoms. The molecule has 2 aromatic rings. The van der Waals surface area contributed by atoms with Crippen LogP contribution in [-0.2, 0) is 0 Å². The van der Waals surface area contributed by atoms with Gasteiger partial charge in [0.1, 0.15) is 11.6 Å². The summed E-state index contributed by atoms with van der Waals surface area (Å²) in [5.41, 5.74) is 1.25. The molecule has 2 N–H and O–H groups in total. The number of nitrogens with one attached hydrogen (secondary N) is 2. The van der Waals surface area contributed by atoms with E-state index in [0.717, 1.165) is 35.4 Å². The number of aromatic amines is 1. The number of hydrogen-bond donors (Lipinski definition) is 2. The molecule has 0 aliphatic rings. The Hall–Kier alpha value is -1.53. The molecule has 0 fully saturated rings. The summed E-state index contributed by atoms with van der Waals surface area (Å²) in [4.78, 5) is 4.33. The van der Waals surface area contributed by atoms with E-state index in [0.29, 0.717) is 0 Å². The number of H-pyrrole nitrogens is 1. The molecule has 5 nitrogen and oxygen atoms in total. The lowest BCUT2D eigenvalue weighted by atomic mass is 10.1. The van der Waals surface area contributed by atoms with Gasteiger partial charge in [-0.05, 0) is 37.6 Å². The van der Waals surface area contributed by atoms with Crippen molar-refractivity contribution >= 4 is 11.8 Å². The molecular formula is C15H22N4OS. The third kappa shape index (κ3) is 4.75. The third-order valence-electron chi connectivity index (χ3n) is 3.11. The van der Waals surface area contributed by atoms with Gasteiger partial charge < -0.3 is 10.1 Å². The van der Waals surface area contributed by atoms with Crippen molar-refractivity contribution in [2.24, 2.45) is 0 Å². The summed E-state index contributed by atoms with van der Waals surface area (Å²) in [5.74, 6) is 2.62. The standard InChI is InChI=1S/C15H22N4OS/c1-4-9-16-14(10-21-15-17-11(2)18-19-15)12-5-7-13(20-3)8-6-12/h5-8,14,16H,4,9-10H2,1-3H3,(H,17,18,19). The minimum absolute atomic E-state index is 0.277. The van der Waals surface area contributed by atoms with E-state index < -0.39 is 0 Å². The van der Waals surface area contributed by atoms with Crippen LogP contribution < -0.4 is 10.1 Å². The first kappa shape index (κ1) is 15.9. The Morgan fingerprint density at radius 3 is 2.67 bits per heavy atom. The fourth-order valence-electron chi connectivity index (χ4n) is 1.97. The van der Waals surface area contributed by atoms with Crippen molar-refractivity contribution in [1.29, 1.82) is 0 Å². The number of thioether (sulfide) groups is 1. The highest BCUT2D eigenvalue weighted by Gasteiger charge is 2.13. The molecule has 0 saturated carbocycles. The van der Waals surface area contributed by atoms with Crippen molar-refractivity contribution in [2.75, 3.05) is 19.4 Å². The maximum absolute atomic E-state index is 5.21. The lowest BCUT2D eigenvalue weighted by Crippen LogP contribution is -2.24. The quantitative estimate of drug-likeness (QED) is 0.734. The zero-order chi connectivity index (χ0) is 15.1. The molecule has 0 aliphatic carbocycles. The summed E-state index contributed by atoms with van der Waals surface area (Å²) in [6.45, 7) is 5.07. The average molecular weight is 306 g/mol. The fraction of sp³-hybridized carbons (Fsp3) is 0.467. The van der Waals surface area contributed by atoms with Gasteiger partial charge in [0.15, 0.2) is 0 Å². The second-order valence-electron chi connectivity index (χ2n) is 4.79. The van der Waals surface area contributed by atoms with E-state index in [-0.39, 0.29) is 6.04 Å². The monoisotopic (exact) mass is 306 g/mol. The highest BCUT2D eigenvalue weighted by atomic mass is 32.2. The van der Waals surface area contributed by atoms with Crippen LogP contribution in [0.3, 0.4) is 0 Å². The van der Waals surface area contributed by atoms with Crippen molar-refractivity contribution in [3.63, 3.8) is 0 Å². The van der Waals surface area contributed by atoms with Crippen LogP contribution in [0.2, 0.25) is 0 Å². The van der Waals surface area contributed by atoms with E-state index in [1.807, 2.05) is 19.1 Å². The molecule has 0 amide bonds. The average Bonchev–Trinajstić information content (AvgIpc) is 2.93. The van der Waals surface area contributed by atoms with Crippen LogP contribution in [0, 0.1) is 6.92 Å². The minimum atomic E-state index is 0.277. The smallest absolute Gasteiger partial charge is 0.208 e. The van der Waals surface area contributed by atoms with E-state index in [4.69, 9.17) is 4.74 Å². The fourth-order valence-corrected chi connectivity index (χ4v) is 2.91. The molecule has 114 valence electrons.